The van der Waals surface area contributed by atoms with Gasteiger partial charge in [0, 0.05) is 5.75 Å². The van der Waals surface area contributed by atoms with Crippen LogP contribution in [0.1, 0.15) is 18.9 Å². The van der Waals surface area contributed by atoms with Crippen molar-refractivity contribution >= 4 is 11.8 Å². The van der Waals surface area contributed by atoms with Crippen LogP contribution in [-0.4, -0.2) is 30.3 Å². The Balaban J connectivity index is 2.92. The van der Waals surface area contributed by atoms with Gasteiger partial charge in [0.15, 0.2) is 0 Å². The minimum Gasteiger partial charge on any atom is -0.394 e. The van der Waals surface area contributed by atoms with Gasteiger partial charge in [-0.05, 0) is 24.8 Å². The molecule has 0 bridgehead atoms. The summed E-state index contributed by atoms with van der Waals surface area (Å²) in [6.45, 7) is 3.20. The smallest absolute Gasteiger partial charge is 0.0760 e. The Bertz CT molecular complexity index is 291. The molecule has 0 heterocycles. The van der Waals surface area contributed by atoms with Crippen molar-refractivity contribution < 1.29 is 5.11 Å². The van der Waals surface area contributed by atoms with Crippen molar-refractivity contribution in [1.82, 2.24) is 5.32 Å². The quantitative estimate of drug-likeness (QED) is 0.765. The topological polar surface area (TPSA) is 32.3 Å². The Kier molecular flexibility index (Phi) is 5.88. The Morgan fingerprint density at radius 2 is 2.00 bits per heavy atom. The van der Waals surface area contributed by atoms with E-state index in [2.05, 4.69) is 30.6 Å². The third-order valence-corrected chi connectivity index (χ3v) is 3.48. The lowest BCUT2D eigenvalue weighted by molar-refractivity contribution is 0.179. The van der Waals surface area contributed by atoms with E-state index in [0.29, 0.717) is 0 Å². The zero-order valence-electron chi connectivity index (χ0n) is 10.1. The normalized spacial score (nSPS) is 14.7. The molecule has 0 saturated heterocycles. The third-order valence-electron chi connectivity index (χ3n) is 2.70. The van der Waals surface area contributed by atoms with E-state index in [-0.39, 0.29) is 12.1 Å². The minimum atomic E-state index is -0.295. The molecule has 1 rings (SSSR count). The van der Waals surface area contributed by atoms with Crippen molar-refractivity contribution in [1.29, 1.82) is 0 Å². The molecule has 16 heavy (non-hydrogen) atoms. The van der Waals surface area contributed by atoms with E-state index in [1.165, 1.54) is 5.56 Å². The summed E-state index contributed by atoms with van der Waals surface area (Å²) in [7, 11) is 0. The van der Waals surface area contributed by atoms with Crippen molar-refractivity contribution in [2.75, 3.05) is 25.2 Å². The summed E-state index contributed by atoms with van der Waals surface area (Å²) in [6, 6.07) is 10.2. The number of rotatable bonds is 7. The number of hydrogen-bond acceptors (Lipinski definition) is 3. The van der Waals surface area contributed by atoms with Crippen molar-refractivity contribution in [3.8, 4) is 0 Å². The number of thioether (sulfide) groups is 1. The molecule has 0 saturated carbocycles. The molecule has 90 valence electrons. The highest BCUT2D eigenvalue weighted by atomic mass is 32.2. The summed E-state index contributed by atoms with van der Waals surface area (Å²) in [4.78, 5) is 0. The Morgan fingerprint density at radius 1 is 1.31 bits per heavy atom. The molecule has 0 aliphatic heterocycles. The molecule has 1 atom stereocenters. The molecule has 2 nitrogen and oxygen atoms in total. The van der Waals surface area contributed by atoms with Gasteiger partial charge < -0.3 is 10.4 Å². The van der Waals surface area contributed by atoms with Crippen LogP contribution >= 0.6 is 11.8 Å². The van der Waals surface area contributed by atoms with Crippen molar-refractivity contribution in [2.24, 2.45) is 0 Å². The standard InChI is InChI=1S/C13H21NOS/c1-3-9-14-13(10-15,11-16-2)12-7-5-4-6-8-12/h4-8,14-15H,3,9-11H2,1-2H3. The maximum absolute atomic E-state index is 9.71. The van der Waals surface area contributed by atoms with Gasteiger partial charge >= 0.3 is 0 Å². The van der Waals surface area contributed by atoms with Gasteiger partial charge in [-0.3, -0.25) is 0 Å². The van der Waals surface area contributed by atoms with Crippen LogP contribution < -0.4 is 5.32 Å². The Hall–Kier alpha value is -0.510. The minimum absolute atomic E-state index is 0.137. The van der Waals surface area contributed by atoms with Crippen LogP contribution in [0.5, 0.6) is 0 Å². The van der Waals surface area contributed by atoms with Crippen LogP contribution in [0, 0.1) is 0 Å². The molecule has 0 amide bonds. The fourth-order valence-corrected chi connectivity index (χ4v) is 2.65. The van der Waals surface area contributed by atoms with E-state index in [1.807, 2.05) is 18.2 Å². The second-order valence-corrected chi connectivity index (χ2v) is 4.83. The first-order valence-corrected chi connectivity index (χ1v) is 7.09. The molecule has 0 fully saturated rings. The number of benzene rings is 1. The molecular formula is C13H21NOS. The van der Waals surface area contributed by atoms with Crippen LogP contribution in [-0.2, 0) is 5.54 Å². The summed E-state index contributed by atoms with van der Waals surface area (Å²) in [5.74, 6) is 0.882. The molecular weight excluding hydrogens is 218 g/mol. The highest BCUT2D eigenvalue weighted by Gasteiger charge is 2.29. The predicted octanol–water partition coefficient (Wildman–Crippen LogP) is 2.24. The van der Waals surface area contributed by atoms with Gasteiger partial charge in [-0.2, -0.15) is 11.8 Å². The summed E-state index contributed by atoms with van der Waals surface area (Å²) in [5.41, 5.74) is 0.872. The van der Waals surface area contributed by atoms with Gasteiger partial charge in [0.1, 0.15) is 0 Å². The third kappa shape index (κ3) is 3.24. The van der Waals surface area contributed by atoms with Crippen LogP contribution in [0.25, 0.3) is 0 Å². The van der Waals surface area contributed by atoms with Crippen molar-refractivity contribution in [2.45, 2.75) is 18.9 Å². The summed E-state index contributed by atoms with van der Waals surface area (Å²) in [5, 5.41) is 13.2. The van der Waals surface area contributed by atoms with Gasteiger partial charge in [0.2, 0.25) is 0 Å². The van der Waals surface area contributed by atoms with E-state index >= 15 is 0 Å². The highest BCUT2D eigenvalue weighted by molar-refractivity contribution is 7.98. The van der Waals surface area contributed by atoms with Crippen molar-refractivity contribution in [3.63, 3.8) is 0 Å². The van der Waals surface area contributed by atoms with Gasteiger partial charge in [0.05, 0.1) is 12.1 Å². The lowest BCUT2D eigenvalue weighted by atomic mass is 9.92. The maximum Gasteiger partial charge on any atom is 0.0760 e. The number of nitrogens with one attached hydrogen (secondary N) is 1. The van der Waals surface area contributed by atoms with Gasteiger partial charge in [-0.25, -0.2) is 0 Å². The average Bonchev–Trinajstić information content (AvgIpc) is 2.36. The zero-order valence-corrected chi connectivity index (χ0v) is 10.9. The monoisotopic (exact) mass is 239 g/mol. The van der Waals surface area contributed by atoms with Crippen LogP contribution in [0.15, 0.2) is 30.3 Å². The van der Waals surface area contributed by atoms with E-state index in [1.54, 1.807) is 11.8 Å². The SMILES string of the molecule is CCCNC(CO)(CSC)c1ccccc1. The fraction of sp³-hybridized carbons (Fsp3) is 0.538. The second kappa shape index (κ2) is 6.94. The molecule has 0 radical (unpaired) electrons. The van der Waals surface area contributed by atoms with Gasteiger partial charge in [0.25, 0.3) is 0 Å². The first-order valence-electron chi connectivity index (χ1n) is 5.69. The highest BCUT2D eigenvalue weighted by Crippen LogP contribution is 2.24. The predicted molar refractivity (Wildman–Crippen MR) is 71.9 cm³/mol. The van der Waals surface area contributed by atoms with Gasteiger partial charge in [-0.15, -0.1) is 0 Å². The van der Waals surface area contributed by atoms with Crippen LogP contribution in [0.4, 0.5) is 0 Å². The lowest BCUT2D eigenvalue weighted by Crippen LogP contribution is -2.48. The molecule has 0 spiro atoms. The molecule has 1 unspecified atom stereocenters. The fourth-order valence-electron chi connectivity index (χ4n) is 1.80. The lowest BCUT2D eigenvalue weighted by Gasteiger charge is -2.33. The Labute approximate surface area is 102 Å². The molecule has 3 heteroatoms. The van der Waals surface area contributed by atoms with Crippen LogP contribution in [0.3, 0.4) is 0 Å². The summed E-state index contributed by atoms with van der Waals surface area (Å²) in [6.07, 6.45) is 3.14. The van der Waals surface area contributed by atoms with E-state index in [9.17, 15) is 5.11 Å². The number of hydrogen-bond donors (Lipinski definition) is 2. The van der Waals surface area contributed by atoms with Crippen molar-refractivity contribution in [3.05, 3.63) is 35.9 Å². The van der Waals surface area contributed by atoms with E-state index in [0.717, 1.165) is 18.7 Å². The molecule has 0 aliphatic carbocycles. The Morgan fingerprint density at radius 3 is 2.50 bits per heavy atom. The summed E-state index contributed by atoms with van der Waals surface area (Å²) >= 11 is 1.76. The zero-order chi connectivity index (χ0) is 11.9. The molecule has 0 aromatic heterocycles. The number of aliphatic hydroxyl groups is 1. The number of aliphatic hydroxyl groups excluding tert-OH is 1. The average molecular weight is 239 g/mol. The first-order chi connectivity index (χ1) is 7.79. The summed E-state index contributed by atoms with van der Waals surface area (Å²) < 4.78 is 0. The molecule has 1 aromatic carbocycles. The van der Waals surface area contributed by atoms with E-state index < -0.39 is 0 Å². The maximum atomic E-state index is 9.71. The molecule has 1 aromatic rings. The second-order valence-electron chi connectivity index (χ2n) is 3.97. The van der Waals surface area contributed by atoms with E-state index in [4.69, 9.17) is 0 Å². The molecule has 2 N–H and O–H groups in total. The van der Waals surface area contributed by atoms with Gasteiger partial charge in [-0.1, -0.05) is 37.3 Å². The molecule has 0 aliphatic rings. The largest absolute Gasteiger partial charge is 0.394 e. The first kappa shape index (κ1) is 13.6. The van der Waals surface area contributed by atoms with Crippen LogP contribution in [0.2, 0.25) is 0 Å².